The fraction of sp³-hybridized carbons (Fsp3) is 0.333. The average Bonchev–Trinajstić information content (AvgIpc) is 2.35. The van der Waals surface area contributed by atoms with Crippen LogP contribution in [-0.2, 0) is 10.0 Å². The maximum Gasteiger partial charge on any atom is 0.337 e. The summed E-state index contributed by atoms with van der Waals surface area (Å²) in [6.07, 6.45) is 1.01. The van der Waals surface area contributed by atoms with Gasteiger partial charge in [-0.05, 0) is 19.1 Å². The molecule has 0 spiro atoms. The lowest BCUT2D eigenvalue weighted by atomic mass is 10.1. The molecule has 0 aliphatic heterocycles. The molecule has 0 unspecified atom stereocenters. The Labute approximate surface area is 122 Å². The van der Waals surface area contributed by atoms with Gasteiger partial charge in [0.05, 0.1) is 17.5 Å². The fourth-order valence-corrected chi connectivity index (χ4v) is 2.00. The molecule has 1 rings (SSSR count). The molecule has 0 heterocycles. The van der Waals surface area contributed by atoms with Crippen molar-refractivity contribution >= 4 is 27.7 Å². The molecule has 0 radical (unpaired) electrons. The fourth-order valence-electron chi connectivity index (χ4n) is 1.52. The van der Waals surface area contributed by atoms with Gasteiger partial charge in [0.2, 0.25) is 10.0 Å². The summed E-state index contributed by atoms with van der Waals surface area (Å²) in [5.41, 5.74) is 0.914. The van der Waals surface area contributed by atoms with E-state index in [4.69, 9.17) is 5.11 Å². The summed E-state index contributed by atoms with van der Waals surface area (Å²) < 4.78 is 23.8. The van der Waals surface area contributed by atoms with E-state index in [0.29, 0.717) is 0 Å². The molecular weight excluding hydrogens is 298 g/mol. The number of aromatic carboxylic acids is 1. The highest BCUT2D eigenvalue weighted by atomic mass is 32.2. The van der Waals surface area contributed by atoms with Crippen LogP contribution in [0.5, 0.6) is 0 Å². The predicted molar refractivity (Wildman–Crippen MR) is 78.0 cm³/mol. The Morgan fingerprint density at radius 2 is 1.90 bits per heavy atom. The quantitative estimate of drug-likeness (QED) is 0.564. The highest BCUT2D eigenvalue weighted by Crippen LogP contribution is 2.17. The van der Waals surface area contributed by atoms with Crippen molar-refractivity contribution in [2.75, 3.05) is 24.7 Å². The van der Waals surface area contributed by atoms with Crippen LogP contribution in [0.3, 0.4) is 0 Å². The highest BCUT2D eigenvalue weighted by molar-refractivity contribution is 7.88. The van der Waals surface area contributed by atoms with Crippen LogP contribution in [0.15, 0.2) is 18.2 Å². The summed E-state index contributed by atoms with van der Waals surface area (Å²) in [5, 5.41) is 13.9. The van der Waals surface area contributed by atoms with Gasteiger partial charge in [0, 0.05) is 13.1 Å². The van der Waals surface area contributed by atoms with Crippen LogP contribution < -0.4 is 15.4 Å². The van der Waals surface area contributed by atoms with Crippen molar-refractivity contribution in [2.24, 2.45) is 0 Å². The number of carbonyl (C=O) groups excluding carboxylic acids is 1. The monoisotopic (exact) mass is 315 g/mol. The second kappa shape index (κ2) is 7.04. The minimum atomic E-state index is -3.30. The first-order valence-electron chi connectivity index (χ1n) is 6.02. The molecule has 1 aromatic rings. The third-order valence-electron chi connectivity index (χ3n) is 2.43. The van der Waals surface area contributed by atoms with Crippen molar-refractivity contribution in [1.82, 2.24) is 10.0 Å². The Kier molecular flexibility index (Phi) is 5.68. The van der Waals surface area contributed by atoms with E-state index in [1.807, 2.05) is 0 Å². The molecule has 21 heavy (non-hydrogen) atoms. The molecule has 0 fully saturated rings. The molecule has 0 saturated carbocycles. The number of nitrogens with one attached hydrogen (secondary N) is 3. The van der Waals surface area contributed by atoms with Gasteiger partial charge in [0.15, 0.2) is 0 Å². The zero-order chi connectivity index (χ0) is 16.0. The molecule has 116 valence electrons. The molecule has 0 aliphatic carbocycles. The molecule has 0 bridgehead atoms. The molecule has 9 heteroatoms. The van der Waals surface area contributed by atoms with E-state index < -0.39 is 22.0 Å². The molecule has 0 saturated heterocycles. The number of anilines is 1. The standard InChI is InChI=1S/C12H17N3O5S/c1-8-3-4-10(9(7-8)11(16)17)15-12(18)13-5-6-14-21(2,19)20/h3-4,7,14H,5-6H2,1-2H3,(H,16,17)(H2,13,15,18). The van der Waals surface area contributed by atoms with Crippen molar-refractivity contribution in [2.45, 2.75) is 6.92 Å². The van der Waals surface area contributed by atoms with E-state index in [0.717, 1.165) is 11.8 Å². The number of carboxylic acids is 1. The van der Waals surface area contributed by atoms with Crippen LogP contribution in [0, 0.1) is 6.92 Å². The van der Waals surface area contributed by atoms with Crippen LogP contribution in [-0.4, -0.2) is 44.9 Å². The first kappa shape index (κ1) is 16.9. The summed E-state index contributed by atoms with van der Waals surface area (Å²) in [6, 6.07) is 4.00. The molecule has 0 aromatic heterocycles. The first-order valence-corrected chi connectivity index (χ1v) is 7.91. The smallest absolute Gasteiger partial charge is 0.337 e. The maximum absolute atomic E-state index is 11.6. The van der Waals surface area contributed by atoms with E-state index in [2.05, 4.69) is 15.4 Å². The van der Waals surface area contributed by atoms with Gasteiger partial charge < -0.3 is 15.7 Å². The number of carbonyl (C=O) groups is 2. The zero-order valence-electron chi connectivity index (χ0n) is 11.6. The molecular formula is C12H17N3O5S. The lowest BCUT2D eigenvalue weighted by Crippen LogP contribution is -2.36. The number of sulfonamides is 1. The van der Waals surface area contributed by atoms with Gasteiger partial charge in [-0.15, -0.1) is 0 Å². The van der Waals surface area contributed by atoms with Crippen LogP contribution in [0.1, 0.15) is 15.9 Å². The molecule has 4 N–H and O–H groups in total. The average molecular weight is 315 g/mol. The van der Waals surface area contributed by atoms with Crippen molar-refractivity contribution in [3.05, 3.63) is 29.3 Å². The third kappa shape index (κ3) is 6.23. The van der Waals surface area contributed by atoms with Crippen LogP contribution in [0.25, 0.3) is 0 Å². The molecule has 2 amide bonds. The lowest BCUT2D eigenvalue weighted by molar-refractivity contribution is 0.0698. The number of hydrogen-bond donors (Lipinski definition) is 4. The van der Waals surface area contributed by atoms with Gasteiger partial charge in [-0.1, -0.05) is 11.6 Å². The number of carboxylic acid groups (broad SMARTS) is 1. The lowest BCUT2D eigenvalue weighted by Gasteiger charge is -2.10. The molecule has 1 aromatic carbocycles. The van der Waals surface area contributed by atoms with Crippen LogP contribution in [0.4, 0.5) is 10.5 Å². The predicted octanol–water partition coefficient (Wildman–Crippen LogP) is 0.364. The number of hydrogen-bond acceptors (Lipinski definition) is 4. The Bertz CT molecular complexity index is 642. The summed E-state index contributed by atoms with van der Waals surface area (Å²) in [6.45, 7) is 1.87. The highest BCUT2D eigenvalue weighted by Gasteiger charge is 2.12. The summed E-state index contributed by atoms with van der Waals surface area (Å²) >= 11 is 0. The number of aryl methyl sites for hydroxylation is 1. The number of rotatable bonds is 6. The van der Waals surface area contributed by atoms with Crippen LogP contribution >= 0.6 is 0 Å². The SMILES string of the molecule is Cc1ccc(NC(=O)NCCNS(C)(=O)=O)c(C(=O)O)c1. The van der Waals surface area contributed by atoms with Crippen molar-refractivity contribution < 1.29 is 23.1 Å². The van der Waals surface area contributed by atoms with Crippen molar-refractivity contribution in [1.29, 1.82) is 0 Å². The van der Waals surface area contributed by atoms with Gasteiger partial charge in [0.1, 0.15) is 0 Å². The van der Waals surface area contributed by atoms with Gasteiger partial charge in [-0.3, -0.25) is 0 Å². The van der Waals surface area contributed by atoms with E-state index in [1.165, 1.54) is 12.1 Å². The molecule has 8 nitrogen and oxygen atoms in total. The number of benzene rings is 1. The Hall–Kier alpha value is -2.13. The van der Waals surface area contributed by atoms with E-state index in [9.17, 15) is 18.0 Å². The van der Waals surface area contributed by atoms with Gasteiger partial charge in [0.25, 0.3) is 0 Å². The third-order valence-corrected chi connectivity index (χ3v) is 3.16. The second-order valence-corrected chi connectivity index (χ2v) is 6.23. The summed E-state index contributed by atoms with van der Waals surface area (Å²) in [7, 11) is -3.30. The summed E-state index contributed by atoms with van der Waals surface area (Å²) in [5.74, 6) is -1.15. The van der Waals surface area contributed by atoms with Gasteiger partial charge in [-0.25, -0.2) is 22.7 Å². The van der Waals surface area contributed by atoms with E-state index in [-0.39, 0.29) is 24.3 Å². The molecule has 0 atom stereocenters. The largest absolute Gasteiger partial charge is 0.478 e. The number of urea groups is 1. The minimum Gasteiger partial charge on any atom is -0.478 e. The first-order chi connectivity index (χ1) is 9.69. The van der Waals surface area contributed by atoms with Crippen molar-refractivity contribution in [3.63, 3.8) is 0 Å². The van der Waals surface area contributed by atoms with Gasteiger partial charge >= 0.3 is 12.0 Å². The van der Waals surface area contributed by atoms with Gasteiger partial charge in [-0.2, -0.15) is 0 Å². The number of amides is 2. The van der Waals surface area contributed by atoms with Crippen molar-refractivity contribution in [3.8, 4) is 0 Å². The normalized spacial score (nSPS) is 11.0. The van der Waals surface area contributed by atoms with E-state index in [1.54, 1.807) is 13.0 Å². The zero-order valence-corrected chi connectivity index (χ0v) is 12.5. The van der Waals surface area contributed by atoms with Crippen LogP contribution in [0.2, 0.25) is 0 Å². The Morgan fingerprint density at radius 1 is 1.24 bits per heavy atom. The maximum atomic E-state index is 11.6. The topological polar surface area (TPSA) is 125 Å². The second-order valence-electron chi connectivity index (χ2n) is 4.40. The molecule has 0 aliphatic rings. The Morgan fingerprint density at radius 3 is 2.48 bits per heavy atom. The Balaban J connectivity index is 2.57. The minimum absolute atomic E-state index is 0.0144. The summed E-state index contributed by atoms with van der Waals surface area (Å²) in [4.78, 5) is 22.7. The van der Waals surface area contributed by atoms with E-state index >= 15 is 0 Å².